The second kappa shape index (κ2) is 7.88. The molecule has 144 valence electrons. The highest BCUT2D eigenvalue weighted by Crippen LogP contribution is 2.28. The lowest BCUT2D eigenvalue weighted by Gasteiger charge is -2.31. The maximum absolute atomic E-state index is 13.4. The van der Waals surface area contributed by atoms with Crippen LogP contribution in [-0.4, -0.2) is 38.8 Å². The Morgan fingerprint density at radius 1 is 1.32 bits per heavy atom. The van der Waals surface area contributed by atoms with Crippen LogP contribution in [0.4, 0.5) is 4.39 Å². The number of aromatic nitrogens is 3. The van der Waals surface area contributed by atoms with Crippen molar-refractivity contribution in [2.24, 2.45) is 0 Å². The zero-order valence-corrected chi connectivity index (χ0v) is 15.6. The van der Waals surface area contributed by atoms with Gasteiger partial charge >= 0.3 is 0 Å². The van der Waals surface area contributed by atoms with Gasteiger partial charge in [0, 0.05) is 25.7 Å². The van der Waals surface area contributed by atoms with Crippen LogP contribution < -0.4 is 0 Å². The highest BCUT2D eigenvalue weighted by Gasteiger charge is 2.29. The molecule has 2 aromatic heterocycles. The van der Waals surface area contributed by atoms with Gasteiger partial charge in [-0.2, -0.15) is 0 Å². The third-order valence-corrected chi connectivity index (χ3v) is 4.89. The van der Waals surface area contributed by atoms with E-state index in [4.69, 9.17) is 4.42 Å². The fourth-order valence-electron chi connectivity index (χ4n) is 3.54. The van der Waals surface area contributed by atoms with Gasteiger partial charge in [0.05, 0.1) is 12.1 Å². The molecule has 1 aliphatic heterocycles. The second-order valence-corrected chi connectivity index (χ2v) is 7.05. The molecule has 0 saturated carbocycles. The van der Waals surface area contributed by atoms with Gasteiger partial charge in [0.15, 0.2) is 5.89 Å². The van der Waals surface area contributed by atoms with Crippen molar-refractivity contribution >= 4 is 5.91 Å². The lowest BCUT2D eigenvalue weighted by atomic mass is 9.97. The van der Waals surface area contributed by atoms with Gasteiger partial charge < -0.3 is 9.32 Å². The number of benzene rings is 1. The minimum absolute atomic E-state index is 0.0434. The lowest BCUT2D eigenvalue weighted by molar-refractivity contribution is 0.0691. The highest BCUT2D eigenvalue weighted by atomic mass is 19.1. The SMILES string of the molecule is Cc1nccc(C(=O)N2CCCC(c3ncc(Cc4cccc(F)c4)o3)C2)n1. The molecule has 6 nitrogen and oxygen atoms in total. The summed E-state index contributed by atoms with van der Waals surface area (Å²) < 4.78 is 19.3. The number of nitrogens with zero attached hydrogens (tertiary/aromatic N) is 4. The molecule has 0 spiro atoms. The van der Waals surface area contributed by atoms with E-state index in [0.717, 1.165) is 18.4 Å². The van der Waals surface area contributed by atoms with Crippen LogP contribution in [0.2, 0.25) is 0 Å². The van der Waals surface area contributed by atoms with Crippen molar-refractivity contribution in [3.8, 4) is 0 Å². The van der Waals surface area contributed by atoms with Crippen LogP contribution in [-0.2, 0) is 6.42 Å². The number of amides is 1. The van der Waals surface area contributed by atoms with Gasteiger partial charge in [-0.15, -0.1) is 0 Å². The van der Waals surface area contributed by atoms with Gasteiger partial charge in [0.1, 0.15) is 23.1 Å². The Morgan fingerprint density at radius 2 is 2.21 bits per heavy atom. The van der Waals surface area contributed by atoms with Gasteiger partial charge in [-0.25, -0.2) is 19.3 Å². The summed E-state index contributed by atoms with van der Waals surface area (Å²) in [6.07, 6.45) is 5.56. The molecule has 3 aromatic rings. The number of piperidine rings is 1. The molecular formula is C21H21FN4O2. The Kier molecular flexibility index (Phi) is 5.14. The summed E-state index contributed by atoms with van der Waals surface area (Å²) in [6.45, 7) is 3.00. The topological polar surface area (TPSA) is 72.1 Å². The van der Waals surface area contributed by atoms with Crippen LogP contribution in [0.3, 0.4) is 0 Å². The molecule has 1 amide bonds. The number of rotatable bonds is 4. The van der Waals surface area contributed by atoms with Crippen molar-refractivity contribution < 1.29 is 13.6 Å². The second-order valence-electron chi connectivity index (χ2n) is 7.05. The summed E-state index contributed by atoms with van der Waals surface area (Å²) in [5.74, 6) is 1.58. The number of hydrogen-bond donors (Lipinski definition) is 0. The molecule has 1 aliphatic rings. The third kappa shape index (κ3) is 4.08. The summed E-state index contributed by atoms with van der Waals surface area (Å²) >= 11 is 0. The van der Waals surface area contributed by atoms with Gasteiger partial charge in [0.2, 0.25) is 0 Å². The molecule has 1 atom stereocenters. The molecular weight excluding hydrogens is 359 g/mol. The zero-order chi connectivity index (χ0) is 19.5. The number of oxazole rings is 1. The van der Waals surface area contributed by atoms with Crippen LogP contribution in [0.1, 0.15) is 52.3 Å². The smallest absolute Gasteiger partial charge is 0.272 e. The van der Waals surface area contributed by atoms with E-state index >= 15 is 0 Å². The standard InChI is InChI=1S/C21H21FN4O2/c1-14-23-8-7-19(25-14)21(27)26-9-3-5-16(13-26)20-24-12-18(28-20)11-15-4-2-6-17(22)10-15/h2,4,6-8,10,12,16H,3,5,9,11,13H2,1H3. The lowest BCUT2D eigenvalue weighted by Crippen LogP contribution is -2.39. The Hall–Kier alpha value is -3.09. The van der Waals surface area contributed by atoms with E-state index in [1.807, 2.05) is 6.07 Å². The van der Waals surface area contributed by atoms with Gasteiger partial charge in [-0.3, -0.25) is 4.79 Å². The molecule has 1 aromatic carbocycles. The van der Waals surface area contributed by atoms with E-state index in [-0.39, 0.29) is 17.6 Å². The monoisotopic (exact) mass is 380 g/mol. The zero-order valence-electron chi connectivity index (χ0n) is 15.6. The first-order valence-electron chi connectivity index (χ1n) is 9.36. The van der Waals surface area contributed by atoms with E-state index in [1.165, 1.54) is 12.1 Å². The number of halogens is 1. The van der Waals surface area contributed by atoms with Crippen LogP contribution in [0.15, 0.2) is 47.1 Å². The molecule has 0 radical (unpaired) electrons. The van der Waals surface area contributed by atoms with Crippen LogP contribution in [0.25, 0.3) is 0 Å². The Balaban J connectivity index is 1.45. The minimum Gasteiger partial charge on any atom is -0.445 e. The van der Waals surface area contributed by atoms with Crippen molar-refractivity contribution in [3.63, 3.8) is 0 Å². The number of aryl methyl sites for hydroxylation is 1. The predicted molar refractivity (Wildman–Crippen MR) is 100 cm³/mol. The molecule has 4 rings (SSSR count). The fraction of sp³-hybridized carbons (Fsp3) is 0.333. The van der Waals surface area contributed by atoms with Crippen molar-refractivity contribution in [1.29, 1.82) is 0 Å². The molecule has 28 heavy (non-hydrogen) atoms. The Bertz CT molecular complexity index is 988. The highest BCUT2D eigenvalue weighted by molar-refractivity contribution is 5.92. The fourth-order valence-corrected chi connectivity index (χ4v) is 3.54. The molecule has 0 bridgehead atoms. The Morgan fingerprint density at radius 3 is 3.04 bits per heavy atom. The van der Waals surface area contributed by atoms with E-state index in [1.54, 1.807) is 36.4 Å². The average Bonchev–Trinajstić information content (AvgIpc) is 3.16. The summed E-state index contributed by atoms with van der Waals surface area (Å²) in [7, 11) is 0. The molecule has 0 N–H and O–H groups in total. The maximum Gasteiger partial charge on any atom is 0.272 e. The first-order valence-corrected chi connectivity index (χ1v) is 9.36. The summed E-state index contributed by atoms with van der Waals surface area (Å²) in [5.41, 5.74) is 1.25. The third-order valence-electron chi connectivity index (χ3n) is 4.89. The number of carbonyl (C=O) groups excluding carboxylic acids is 1. The molecule has 1 unspecified atom stereocenters. The predicted octanol–water partition coefficient (Wildman–Crippen LogP) is 3.52. The summed E-state index contributed by atoms with van der Waals surface area (Å²) in [5, 5.41) is 0. The van der Waals surface area contributed by atoms with Crippen molar-refractivity contribution in [3.05, 3.63) is 77.3 Å². The molecule has 1 fully saturated rings. The average molecular weight is 380 g/mol. The first-order chi connectivity index (χ1) is 13.6. The number of carbonyl (C=O) groups is 1. The van der Waals surface area contributed by atoms with E-state index in [0.29, 0.717) is 42.7 Å². The van der Waals surface area contributed by atoms with Gasteiger partial charge in [-0.05, 0) is 43.5 Å². The van der Waals surface area contributed by atoms with E-state index < -0.39 is 0 Å². The molecule has 7 heteroatoms. The molecule has 1 saturated heterocycles. The van der Waals surface area contributed by atoms with Crippen molar-refractivity contribution in [1.82, 2.24) is 19.9 Å². The minimum atomic E-state index is -0.265. The van der Waals surface area contributed by atoms with Crippen LogP contribution >= 0.6 is 0 Å². The summed E-state index contributed by atoms with van der Waals surface area (Å²) in [6, 6.07) is 8.09. The first kappa shape index (κ1) is 18.3. The molecule has 3 heterocycles. The van der Waals surface area contributed by atoms with E-state index in [9.17, 15) is 9.18 Å². The summed E-state index contributed by atoms with van der Waals surface area (Å²) in [4.78, 5) is 27.2. The number of hydrogen-bond acceptors (Lipinski definition) is 5. The van der Waals surface area contributed by atoms with Crippen LogP contribution in [0.5, 0.6) is 0 Å². The van der Waals surface area contributed by atoms with Crippen LogP contribution in [0, 0.1) is 12.7 Å². The largest absolute Gasteiger partial charge is 0.445 e. The van der Waals surface area contributed by atoms with Gasteiger partial charge in [0.25, 0.3) is 5.91 Å². The van der Waals surface area contributed by atoms with Crippen molar-refractivity contribution in [2.75, 3.05) is 13.1 Å². The molecule has 0 aliphatic carbocycles. The number of likely N-dealkylation sites (tertiary alicyclic amines) is 1. The Labute approximate surface area is 162 Å². The normalized spacial score (nSPS) is 16.9. The van der Waals surface area contributed by atoms with E-state index in [2.05, 4.69) is 15.0 Å². The van der Waals surface area contributed by atoms with Crippen molar-refractivity contribution in [2.45, 2.75) is 32.1 Å². The maximum atomic E-state index is 13.4. The quantitative estimate of drug-likeness (QED) is 0.692. The van der Waals surface area contributed by atoms with Gasteiger partial charge in [-0.1, -0.05) is 12.1 Å².